The third-order valence-corrected chi connectivity index (χ3v) is 2.06. The van der Waals surface area contributed by atoms with Crippen LogP contribution in [0, 0.1) is 5.82 Å². The maximum atomic E-state index is 12.6. The molecular formula is C6H5BrFNS. The average Bonchev–Trinajstić information content (AvgIpc) is 1.84. The topological polar surface area (TPSA) is 26.0 Å². The Morgan fingerprint density at radius 1 is 1.50 bits per heavy atom. The molecule has 0 aliphatic heterocycles. The van der Waals surface area contributed by atoms with Crippen molar-refractivity contribution >= 4 is 34.2 Å². The second-order valence-corrected chi connectivity index (χ2v) is 3.16. The van der Waals surface area contributed by atoms with Crippen molar-refractivity contribution in [1.82, 2.24) is 0 Å². The lowest BCUT2D eigenvalue weighted by molar-refractivity contribution is 0.618. The molecule has 0 aliphatic rings. The second-order valence-electron chi connectivity index (χ2n) is 1.83. The molecule has 0 unspecified atom stereocenters. The van der Waals surface area contributed by atoms with Gasteiger partial charge >= 0.3 is 0 Å². The smallest absolute Gasteiger partial charge is 0.138 e. The molecule has 0 radical (unpaired) electrons. The average molecular weight is 222 g/mol. The van der Waals surface area contributed by atoms with Crippen LogP contribution >= 0.6 is 28.6 Å². The summed E-state index contributed by atoms with van der Waals surface area (Å²) in [5.74, 6) is -0.348. The van der Waals surface area contributed by atoms with Crippen LogP contribution in [0.4, 0.5) is 10.1 Å². The Kier molecular flexibility index (Phi) is 2.21. The predicted molar refractivity (Wildman–Crippen MR) is 45.8 cm³/mol. The first-order chi connectivity index (χ1) is 4.61. The van der Waals surface area contributed by atoms with Gasteiger partial charge in [0.1, 0.15) is 5.82 Å². The van der Waals surface area contributed by atoms with Gasteiger partial charge < -0.3 is 5.73 Å². The standard InChI is InChI=1S/C6H5BrFNS/c7-3-1-5(9)6(10)2-4(3)8/h1-2,10H,9H2. The molecule has 2 N–H and O–H groups in total. The molecule has 54 valence electrons. The zero-order valence-corrected chi connectivity index (χ0v) is 7.42. The quantitative estimate of drug-likeness (QED) is 0.511. The summed E-state index contributed by atoms with van der Waals surface area (Å²) in [4.78, 5) is 0.459. The summed E-state index contributed by atoms with van der Waals surface area (Å²) in [6.07, 6.45) is 0. The highest BCUT2D eigenvalue weighted by Gasteiger charge is 2.01. The van der Waals surface area contributed by atoms with Crippen LogP contribution in [0.3, 0.4) is 0 Å². The van der Waals surface area contributed by atoms with Crippen molar-refractivity contribution in [2.24, 2.45) is 0 Å². The van der Waals surface area contributed by atoms with Crippen molar-refractivity contribution < 1.29 is 4.39 Å². The maximum absolute atomic E-state index is 12.6. The molecule has 10 heavy (non-hydrogen) atoms. The van der Waals surface area contributed by atoms with Gasteiger partial charge in [0.05, 0.1) is 4.47 Å². The van der Waals surface area contributed by atoms with E-state index < -0.39 is 0 Å². The van der Waals surface area contributed by atoms with Crippen LogP contribution in [0.1, 0.15) is 0 Å². The molecule has 0 aliphatic carbocycles. The van der Waals surface area contributed by atoms with E-state index in [4.69, 9.17) is 5.73 Å². The molecule has 0 bridgehead atoms. The number of anilines is 1. The predicted octanol–water partition coefficient (Wildman–Crippen LogP) is 2.46. The van der Waals surface area contributed by atoms with Gasteiger partial charge in [-0.15, -0.1) is 12.6 Å². The molecule has 1 rings (SSSR count). The van der Waals surface area contributed by atoms with Crippen molar-refractivity contribution in [3.63, 3.8) is 0 Å². The van der Waals surface area contributed by atoms with Gasteiger partial charge in [-0.2, -0.15) is 0 Å². The van der Waals surface area contributed by atoms with Crippen molar-refractivity contribution in [1.29, 1.82) is 0 Å². The van der Waals surface area contributed by atoms with E-state index in [0.717, 1.165) is 0 Å². The summed E-state index contributed by atoms with van der Waals surface area (Å²) in [7, 11) is 0. The van der Waals surface area contributed by atoms with Crippen LogP contribution in [0.15, 0.2) is 21.5 Å². The molecule has 0 fully saturated rings. The number of thiol groups is 1. The lowest BCUT2D eigenvalue weighted by Crippen LogP contribution is -1.88. The fraction of sp³-hybridized carbons (Fsp3) is 0. The third kappa shape index (κ3) is 1.44. The molecule has 0 saturated heterocycles. The van der Waals surface area contributed by atoms with Gasteiger partial charge in [-0.1, -0.05) is 0 Å². The number of benzene rings is 1. The van der Waals surface area contributed by atoms with E-state index in [-0.39, 0.29) is 5.82 Å². The molecule has 0 amide bonds. The zero-order valence-electron chi connectivity index (χ0n) is 4.94. The Morgan fingerprint density at radius 2 is 2.10 bits per heavy atom. The summed E-state index contributed by atoms with van der Waals surface area (Å²) in [6.45, 7) is 0. The highest BCUT2D eigenvalue weighted by Crippen LogP contribution is 2.24. The van der Waals surface area contributed by atoms with Gasteiger partial charge in [0, 0.05) is 10.6 Å². The summed E-state index contributed by atoms with van der Waals surface area (Å²) in [5, 5.41) is 0. The zero-order chi connectivity index (χ0) is 7.72. The maximum Gasteiger partial charge on any atom is 0.138 e. The number of nitrogen functional groups attached to an aromatic ring is 1. The Bertz CT molecular complexity index is 214. The Morgan fingerprint density at radius 3 is 2.60 bits per heavy atom. The van der Waals surface area contributed by atoms with Gasteiger partial charge in [0.25, 0.3) is 0 Å². The summed E-state index contributed by atoms with van der Waals surface area (Å²) >= 11 is 6.92. The van der Waals surface area contributed by atoms with Gasteiger partial charge in [-0.05, 0) is 28.1 Å². The van der Waals surface area contributed by atoms with E-state index in [2.05, 4.69) is 28.6 Å². The molecule has 0 spiro atoms. The van der Waals surface area contributed by atoms with Crippen LogP contribution in [-0.4, -0.2) is 0 Å². The van der Waals surface area contributed by atoms with Crippen molar-refractivity contribution in [3.8, 4) is 0 Å². The van der Waals surface area contributed by atoms with E-state index in [1.165, 1.54) is 12.1 Å². The van der Waals surface area contributed by atoms with Crippen LogP contribution in [0.25, 0.3) is 0 Å². The van der Waals surface area contributed by atoms with E-state index in [9.17, 15) is 4.39 Å². The summed E-state index contributed by atoms with van der Waals surface area (Å²) in [6, 6.07) is 2.75. The molecule has 4 heteroatoms. The number of rotatable bonds is 0. The van der Waals surface area contributed by atoms with E-state index in [1.807, 2.05) is 0 Å². The van der Waals surface area contributed by atoms with Crippen LogP contribution in [0.2, 0.25) is 0 Å². The molecule has 1 nitrogen and oxygen atoms in total. The molecule has 0 heterocycles. The summed E-state index contributed by atoms with van der Waals surface area (Å²) < 4.78 is 13.0. The van der Waals surface area contributed by atoms with Gasteiger partial charge in [-0.25, -0.2) is 4.39 Å². The minimum Gasteiger partial charge on any atom is -0.398 e. The third-order valence-electron chi connectivity index (χ3n) is 1.07. The Balaban J connectivity index is 3.28. The van der Waals surface area contributed by atoms with Gasteiger partial charge in [-0.3, -0.25) is 0 Å². The van der Waals surface area contributed by atoms with Crippen LogP contribution < -0.4 is 5.73 Å². The fourth-order valence-corrected chi connectivity index (χ4v) is 1.09. The lowest BCUT2D eigenvalue weighted by Gasteiger charge is -1.99. The minimum atomic E-state index is -0.348. The SMILES string of the molecule is Nc1cc(Br)c(F)cc1S. The van der Waals surface area contributed by atoms with Crippen LogP contribution in [0.5, 0.6) is 0 Å². The monoisotopic (exact) mass is 221 g/mol. The van der Waals surface area contributed by atoms with E-state index >= 15 is 0 Å². The number of hydrogen-bond donors (Lipinski definition) is 2. The number of halogens is 2. The van der Waals surface area contributed by atoms with Crippen molar-refractivity contribution in [2.75, 3.05) is 5.73 Å². The minimum absolute atomic E-state index is 0.348. The first kappa shape index (κ1) is 7.88. The normalized spacial score (nSPS) is 9.90. The highest BCUT2D eigenvalue weighted by atomic mass is 79.9. The summed E-state index contributed by atoms with van der Waals surface area (Å²) in [5.41, 5.74) is 5.89. The molecule has 0 aromatic heterocycles. The Labute approximate surface area is 72.0 Å². The van der Waals surface area contributed by atoms with Crippen LogP contribution in [-0.2, 0) is 0 Å². The van der Waals surface area contributed by atoms with E-state index in [0.29, 0.717) is 15.1 Å². The highest BCUT2D eigenvalue weighted by molar-refractivity contribution is 9.10. The number of nitrogens with two attached hydrogens (primary N) is 1. The number of hydrogen-bond acceptors (Lipinski definition) is 2. The molecule has 1 aromatic rings. The second kappa shape index (κ2) is 2.80. The van der Waals surface area contributed by atoms with Crippen molar-refractivity contribution in [2.45, 2.75) is 4.90 Å². The van der Waals surface area contributed by atoms with Crippen molar-refractivity contribution in [3.05, 3.63) is 22.4 Å². The fourth-order valence-electron chi connectivity index (χ4n) is 0.552. The Hall–Kier alpha value is -0.220. The van der Waals surface area contributed by atoms with E-state index in [1.54, 1.807) is 0 Å². The van der Waals surface area contributed by atoms with Gasteiger partial charge in [0.2, 0.25) is 0 Å². The molecule has 1 aromatic carbocycles. The molecule has 0 saturated carbocycles. The lowest BCUT2D eigenvalue weighted by atomic mass is 10.3. The molecular weight excluding hydrogens is 217 g/mol. The molecule has 0 atom stereocenters. The largest absolute Gasteiger partial charge is 0.398 e. The first-order valence-corrected chi connectivity index (χ1v) is 3.79. The van der Waals surface area contributed by atoms with Gasteiger partial charge in [0.15, 0.2) is 0 Å². The first-order valence-electron chi connectivity index (χ1n) is 2.54.